The SMILES string of the molecule is Cc1nn(CCO)c(C)c1CN1CCCn2nc(CO)cc2C1. The second-order valence-electron chi connectivity index (χ2n) is 6.17. The van der Waals surface area contributed by atoms with Gasteiger partial charge >= 0.3 is 0 Å². The van der Waals surface area contributed by atoms with Crippen LogP contribution in [0.25, 0.3) is 0 Å². The van der Waals surface area contributed by atoms with Crippen molar-refractivity contribution in [2.75, 3.05) is 13.2 Å². The Bertz CT molecular complexity index is 676. The summed E-state index contributed by atoms with van der Waals surface area (Å²) in [5, 5.41) is 27.4. The van der Waals surface area contributed by atoms with Crippen LogP contribution in [0.1, 0.15) is 34.8 Å². The van der Waals surface area contributed by atoms with Crippen LogP contribution in [0.3, 0.4) is 0 Å². The zero-order valence-corrected chi connectivity index (χ0v) is 13.9. The van der Waals surface area contributed by atoms with Gasteiger partial charge in [0.1, 0.15) is 0 Å². The average molecular weight is 319 g/mol. The Morgan fingerprint density at radius 2 is 2.00 bits per heavy atom. The Kier molecular flexibility index (Phi) is 4.79. The van der Waals surface area contributed by atoms with Crippen LogP contribution in [0.4, 0.5) is 0 Å². The summed E-state index contributed by atoms with van der Waals surface area (Å²) in [5.41, 5.74) is 5.30. The molecule has 3 heterocycles. The van der Waals surface area contributed by atoms with Crippen LogP contribution >= 0.6 is 0 Å². The molecule has 1 aliphatic heterocycles. The summed E-state index contributed by atoms with van der Waals surface area (Å²) in [7, 11) is 0. The number of hydrogen-bond acceptors (Lipinski definition) is 5. The van der Waals surface area contributed by atoms with Crippen molar-refractivity contribution in [2.45, 2.75) is 53.1 Å². The number of nitrogens with zero attached hydrogens (tertiary/aromatic N) is 5. The maximum absolute atomic E-state index is 9.26. The molecule has 0 saturated heterocycles. The minimum absolute atomic E-state index is 0.00779. The van der Waals surface area contributed by atoms with Gasteiger partial charge in [-0.3, -0.25) is 14.3 Å². The molecule has 0 fully saturated rings. The zero-order valence-electron chi connectivity index (χ0n) is 13.9. The standard InChI is InChI=1S/C16H25N5O2/c1-12-16(13(2)20(17-12)6-7-22)10-19-4-3-5-21-15(9-19)8-14(11-23)18-21/h8,22-23H,3-7,9-11H2,1-2H3. The van der Waals surface area contributed by atoms with Gasteiger partial charge in [-0.05, 0) is 26.3 Å². The monoisotopic (exact) mass is 319 g/mol. The summed E-state index contributed by atoms with van der Waals surface area (Å²) >= 11 is 0. The van der Waals surface area contributed by atoms with Gasteiger partial charge in [0.15, 0.2) is 0 Å². The van der Waals surface area contributed by atoms with Crippen molar-refractivity contribution in [2.24, 2.45) is 0 Å². The van der Waals surface area contributed by atoms with Gasteiger partial charge in [0.2, 0.25) is 0 Å². The van der Waals surface area contributed by atoms with E-state index in [2.05, 4.69) is 22.0 Å². The molecule has 0 unspecified atom stereocenters. The van der Waals surface area contributed by atoms with Gasteiger partial charge < -0.3 is 10.2 Å². The van der Waals surface area contributed by atoms with E-state index >= 15 is 0 Å². The molecule has 0 spiro atoms. The Labute approximate surface area is 136 Å². The maximum Gasteiger partial charge on any atom is 0.0882 e. The lowest BCUT2D eigenvalue weighted by Crippen LogP contribution is -2.23. The number of aliphatic hydroxyl groups is 2. The predicted molar refractivity (Wildman–Crippen MR) is 85.7 cm³/mol. The molecule has 2 N–H and O–H groups in total. The molecule has 7 nitrogen and oxygen atoms in total. The number of aryl methyl sites for hydroxylation is 2. The fourth-order valence-corrected chi connectivity index (χ4v) is 3.30. The highest BCUT2D eigenvalue weighted by atomic mass is 16.3. The lowest BCUT2D eigenvalue weighted by atomic mass is 10.1. The summed E-state index contributed by atoms with van der Waals surface area (Å²) in [6, 6.07) is 1.99. The van der Waals surface area contributed by atoms with Crippen molar-refractivity contribution >= 4 is 0 Å². The van der Waals surface area contributed by atoms with Crippen molar-refractivity contribution in [3.8, 4) is 0 Å². The van der Waals surface area contributed by atoms with E-state index in [1.165, 1.54) is 5.56 Å². The van der Waals surface area contributed by atoms with Crippen molar-refractivity contribution in [3.63, 3.8) is 0 Å². The number of rotatable bonds is 5. The van der Waals surface area contributed by atoms with E-state index in [9.17, 15) is 5.11 Å². The molecule has 2 aromatic heterocycles. The lowest BCUT2D eigenvalue weighted by Gasteiger charge is -2.19. The van der Waals surface area contributed by atoms with Crippen LogP contribution in [0.15, 0.2) is 6.07 Å². The highest BCUT2D eigenvalue weighted by Gasteiger charge is 2.19. The van der Waals surface area contributed by atoms with Gasteiger partial charge in [0.05, 0.1) is 36.8 Å². The first-order valence-corrected chi connectivity index (χ1v) is 8.15. The Morgan fingerprint density at radius 1 is 1.17 bits per heavy atom. The largest absolute Gasteiger partial charge is 0.394 e. The molecule has 0 radical (unpaired) electrons. The number of hydrogen-bond donors (Lipinski definition) is 2. The van der Waals surface area contributed by atoms with Crippen LogP contribution in [-0.2, 0) is 32.8 Å². The van der Waals surface area contributed by atoms with E-state index in [4.69, 9.17) is 5.11 Å². The van der Waals surface area contributed by atoms with E-state index in [1.54, 1.807) is 0 Å². The van der Waals surface area contributed by atoms with E-state index in [-0.39, 0.29) is 13.2 Å². The van der Waals surface area contributed by atoms with Crippen molar-refractivity contribution in [1.29, 1.82) is 0 Å². The van der Waals surface area contributed by atoms with Crippen LogP contribution in [0.2, 0.25) is 0 Å². The lowest BCUT2D eigenvalue weighted by molar-refractivity contribution is 0.257. The zero-order chi connectivity index (χ0) is 16.4. The molecular formula is C16H25N5O2. The van der Waals surface area contributed by atoms with Crippen molar-refractivity contribution in [3.05, 3.63) is 34.4 Å². The molecule has 0 bridgehead atoms. The van der Waals surface area contributed by atoms with E-state index in [0.29, 0.717) is 6.54 Å². The van der Waals surface area contributed by atoms with Crippen LogP contribution in [0, 0.1) is 13.8 Å². The molecule has 1 aliphatic rings. The van der Waals surface area contributed by atoms with Crippen molar-refractivity contribution in [1.82, 2.24) is 24.5 Å². The maximum atomic E-state index is 9.26. The van der Waals surface area contributed by atoms with Gasteiger partial charge in [-0.2, -0.15) is 10.2 Å². The summed E-state index contributed by atoms with van der Waals surface area (Å²) in [6.45, 7) is 8.33. The smallest absolute Gasteiger partial charge is 0.0882 e. The topological polar surface area (TPSA) is 79.3 Å². The normalized spacial score (nSPS) is 15.7. The average Bonchev–Trinajstić information content (AvgIpc) is 2.96. The Balaban J connectivity index is 1.78. The highest BCUT2D eigenvalue weighted by molar-refractivity contribution is 5.24. The quantitative estimate of drug-likeness (QED) is 0.843. The summed E-state index contributed by atoms with van der Waals surface area (Å²) in [6.07, 6.45) is 1.04. The highest BCUT2D eigenvalue weighted by Crippen LogP contribution is 2.20. The van der Waals surface area contributed by atoms with E-state index in [1.807, 2.05) is 22.4 Å². The van der Waals surface area contributed by atoms with Crippen LogP contribution < -0.4 is 0 Å². The molecule has 2 aromatic rings. The molecule has 0 amide bonds. The van der Waals surface area contributed by atoms with Crippen LogP contribution in [0.5, 0.6) is 0 Å². The molecule has 0 atom stereocenters. The molecule has 23 heavy (non-hydrogen) atoms. The third-order valence-corrected chi connectivity index (χ3v) is 4.53. The number of aliphatic hydroxyl groups excluding tert-OH is 2. The molecule has 0 aromatic carbocycles. The first-order chi connectivity index (χ1) is 11.1. The molecule has 126 valence electrons. The Morgan fingerprint density at radius 3 is 2.74 bits per heavy atom. The first-order valence-electron chi connectivity index (χ1n) is 8.15. The van der Waals surface area contributed by atoms with Gasteiger partial charge in [0.25, 0.3) is 0 Å². The van der Waals surface area contributed by atoms with E-state index in [0.717, 1.165) is 55.4 Å². The molecule has 3 rings (SSSR count). The summed E-state index contributed by atoms with van der Waals surface area (Å²) in [4.78, 5) is 2.40. The van der Waals surface area contributed by atoms with Crippen molar-refractivity contribution < 1.29 is 10.2 Å². The predicted octanol–water partition coefficient (Wildman–Crippen LogP) is 0.587. The number of fused-ring (bicyclic) bond motifs is 1. The molecule has 0 aliphatic carbocycles. The Hall–Kier alpha value is -1.70. The second-order valence-corrected chi connectivity index (χ2v) is 6.17. The van der Waals surface area contributed by atoms with Gasteiger partial charge in [0, 0.05) is 37.4 Å². The minimum Gasteiger partial charge on any atom is -0.394 e. The minimum atomic E-state index is -0.00779. The van der Waals surface area contributed by atoms with Gasteiger partial charge in [-0.1, -0.05) is 0 Å². The third-order valence-electron chi connectivity index (χ3n) is 4.53. The summed E-state index contributed by atoms with van der Waals surface area (Å²) in [5.74, 6) is 0. The van der Waals surface area contributed by atoms with Gasteiger partial charge in [-0.25, -0.2) is 0 Å². The molecular weight excluding hydrogens is 294 g/mol. The fraction of sp³-hybridized carbons (Fsp3) is 0.625. The summed E-state index contributed by atoms with van der Waals surface area (Å²) < 4.78 is 3.90. The molecule has 7 heteroatoms. The van der Waals surface area contributed by atoms with Gasteiger partial charge in [-0.15, -0.1) is 0 Å². The second kappa shape index (κ2) is 6.82. The fourth-order valence-electron chi connectivity index (χ4n) is 3.30. The molecule has 0 saturated carbocycles. The third kappa shape index (κ3) is 3.31. The van der Waals surface area contributed by atoms with E-state index < -0.39 is 0 Å². The van der Waals surface area contributed by atoms with Crippen LogP contribution in [-0.4, -0.2) is 47.8 Å². The number of aromatic nitrogens is 4. The first kappa shape index (κ1) is 16.2.